The molecule has 1 saturated carbocycles. The second-order valence-corrected chi connectivity index (χ2v) is 6.89. The normalized spacial score (nSPS) is 13.6. The molecule has 0 atom stereocenters. The number of halogens is 2. The fraction of sp³-hybridized carbons (Fsp3) is 0.579. The zero-order chi connectivity index (χ0) is 18.6. The first kappa shape index (κ1) is 24.0. The maximum absolute atomic E-state index is 11.9. The number of aliphatic imine (C=N–C) groups is 1. The van der Waals surface area contributed by atoms with E-state index in [9.17, 15) is 4.79 Å². The standard InChI is InChI=1S/C19H29ClN4O2.HI/c1-21-19(23-12-3-13-26-14-15-5-6-15)22-11-2-4-18(25)24-17-9-7-16(20)8-10-17;/h7-10,15H,2-6,11-14H2,1H3,(H,24,25)(H2,21,22,23);1H. The van der Waals surface area contributed by atoms with Gasteiger partial charge >= 0.3 is 0 Å². The molecule has 152 valence electrons. The van der Waals surface area contributed by atoms with Gasteiger partial charge in [0.25, 0.3) is 0 Å². The number of rotatable bonds is 11. The minimum Gasteiger partial charge on any atom is -0.381 e. The molecule has 0 aliphatic heterocycles. The highest BCUT2D eigenvalue weighted by Crippen LogP contribution is 2.28. The lowest BCUT2D eigenvalue weighted by Crippen LogP contribution is -2.38. The topological polar surface area (TPSA) is 74.8 Å². The molecular formula is C19H30ClIN4O2. The number of amides is 1. The average Bonchev–Trinajstić information content (AvgIpc) is 3.46. The van der Waals surface area contributed by atoms with Crippen LogP contribution in [0.25, 0.3) is 0 Å². The van der Waals surface area contributed by atoms with Crippen LogP contribution in [-0.2, 0) is 9.53 Å². The number of carbonyl (C=O) groups excluding carboxylic acids is 1. The van der Waals surface area contributed by atoms with Gasteiger partial charge in [-0.15, -0.1) is 24.0 Å². The van der Waals surface area contributed by atoms with Crippen LogP contribution in [0.5, 0.6) is 0 Å². The van der Waals surface area contributed by atoms with Crippen molar-refractivity contribution in [1.82, 2.24) is 10.6 Å². The summed E-state index contributed by atoms with van der Waals surface area (Å²) < 4.78 is 5.60. The van der Waals surface area contributed by atoms with Crippen molar-refractivity contribution in [3.63, 3.8) is 0 Å². The lowest BCUT2D eigenvalue weighted by molar-refractivity contribution is -0.116. The number of anilines is 1. The zero-order valence-electron chi connectivity index (χ0n) is 15.8. The van der Waals surface area contributed by atoms with Crippen LogP contribution in [0.2, 0.25) is 5.02 Å². The van der Waals surface area contributed by atoms with Crippen molar-refractivity contribution >= 4 is 53.1 Å². The number of ether oxygens (including phenoxy) is 1. The van der Waals surface area contributed by atoms with Gasteiger partial charge in [-0.05, 0) is 55.9 Å². The van der Waals surface area contributed by atoms with Crippen molar-refractivity contribution in [1.29, 1.82) is 0 Å². The Labute approximate surface area is 183 Å². The highest BCUT2D eigenvalue weighted by molar-refractivity contribution is 14.0. The van der Waals surface area contributed by atoms with Crippen LogP contribution in [0.1, 0.15) is 32.1 Å². The van der Waals surface area contributed by atoms with E-state index >= 15 is 0 Å². The van der Waals surface area contributed by atoms with Crippen LogP contribution in [-0.4, -0.2) is 45.2 Å². The van der Waals surface area contributed by atoms with E-state index in [-0.39, 0.29) is 29.9 Å². The van der Waals surface area contributed by atoms with Crippen LogP contribution in [0, 0.1) is 5.92 Å². The Morgan fingerprint density at radius 2 is 1.85 bits per heavy atom. The molecule has 0 spiro atoms. The Kier molecular flexibility index (Phi) is 12.4. The molecule has 0 heterocycles. The van der Waals surface area contributed by atoms with Crippen LogP contribution in [0.4, 0.5) is 5.69 Å². The molecule has 1 amide bonds. The number of hydrogen-bond donors (Lipinski definition) is 3. The molecule has 8 heteroatoms. The maximum atomic E-state index is 11.9. The van der Waals surface area contributed by atoms with E-state index in [1.165, 1.54) is 12.8 Å². The summed E-state index contributed by atoms with van der Waals surface area (Å²) in [6, 6.07) is 7.09. The van der Waals surface area contributed by atoms with Crippen molar-refractivity contribution in [2.75, 3.05) is 38.7 Å². The Bertz CT molecular complexity index is 580. The molecule has 1 aromatic carbocycles. The smallest absolute Gasteiger partial charge is 0.224 e. The SMILES string of the molecule is CN=C(NCCCOCC1CC1)NCCCC(=O)Nc1ccc(Cl)cc1.I. The van der Waals surface area contributed by atoms with Gasteiger partial charge in [0.1, 0.15) is 0 Å². The summed E-state index contributed by atoms with van der Waals surface area (Å²) in [4.78, 5) is 16.1. The van der Waals surface area contributed by atoms with Gasteiger partial charge in [0.05, 0.1) is 0 Å². The van der Waals surface area contributed by atoms with Gasteiger partial charge in [-0.3, -0.25) is 9.79 Å². The van der Waals surface area contributed by atoms with E-state index in [4.69, 9.17) is 16.3 Å². The van der Waals surface area contributed by atoms with E-state index in [1.807, 2.05) is 0 Å². The van der Waals surface area contributed by atoms with E-state index in [2.05, 4.69) is 20.9 Å². The van der Waals surface area contributed by atoms with Gasteiger partial charge in [-0.25, -0.2) is 0 Å². The Morgan fingerprint density at radius 1 is 1.19 bits per heavy atom. The van der Waals surface area contributed by atoms with E-state index < -0.39 is 0 Å². The van der Waals surface area contributed by atoms with Crippen LogP contribution < -0.4 is 16.0 Å². The minimum atomic E-state index is -0.00937. The lowest BCUT2D eigenvalue weighted by Gasteiger charge is -2.12. The second kappa shape index (κ2) is 14.0. The minimum absolute atomic E-state index is 0. The second-order valence-electron chi connectivity index (χ2n) is 6.46. The van der Waals surface area contributed by atoms with E-state index in [0.717, 1.165) is 50.2 Å². The summed E-state index contributed by atoms with van der Waals surface area (Å²) in [7, 11) is 1.74. The fourth-order valence-electron chi connectivity index (χ4n) is 2.35. The number of hydrogen-bond acceptors (Lipinski definition) is 3. The molecule has 1 aromatic rings. The number of benzene rings is 1. The van der Waals surface area contributed by atoms with Gasteiger partial charge in [0, 0.05) is 50.5 Å². The molecule has 6 nitrogen and oxygen atoms in total. The molecule has 3 N–H and O–H groups in total. The number of carbonyl (C=O) groups is 1. The van der Waals surface area contributed by atoms with Gasteiger partial charge in [0.15, 0.2) is 5.96 Å². The molecule has 1 fully saturated rings. The molecule has 1 aliphatic carbocycles. The van der Waals surface area contributed by atoms with E-state index in [1.54, 1.807) is 31.3 Å². The summed E-state index contributed by atoms with van der Waals surface area (Å²) in [6.07, 6.45) is 4.78. The largest absolute Gasteiger partial charge is 0.381 e. The first-order chi connectivity index (χ1) is 12.7. The molecule has 27 heavy (non-hydrogen) atoms. The zero-order valence-corrected chi connectivity index (χ0v) is 18.9. The van der Waals surface area contributed by atoms with Gasteiger partial charge in [0.2, 0.25) is 5.91 Å². The van der Waals surface area contributed by atoms with Crippen LogP contribution in [0.15, 0.2) is 29.3 Å². The molecule has 0 saturated heterocycles. The van der Waals surface area contributed by atoms with Crippen LogP contribution >= 0.6 is 35.6 Å². The fourth-order valence-corrected chi connectivity index (χ4v) is 2.47. The van der Waals surface area contributed by atoms with Gasteiger partial charge in [-0.1, -0.05) is 11.6 Å². The highest BCUT2D eigenvalue weighted by Gasteiger charge is 2.20. The predicted molar refractivity (Wildman–Crippen MR) is 122 cm³/mol. The predicted octanol–water partition coefficient (Wildman–Crippen LogP) is 3.66. The molecule has 0 radical (unpaired) electrons. The Morgan fingerprint density at radius 3 is 2.48 bits per heavy atom. The summed E-state index contributed by atoms with van der Waals surface area (Å²) in [5.41, 5.74) is 0.758. The maximum Gasteiger partial charge on any atom is 0.224 e. The van der Waals surface area contributed by atoms with Gasteiger partial charge in [-0.2, -0.15) is 0 Å². The third-order valence-corrected chi connectivity index (χ3v) is 4.28. The number of guanidine groups is 1. The quantitative estimate of drug-likeness (QED) is 0.185. The van der Waals surface area contributed by atoms with Crippen molar-refractivity contribution in [2.45, 2.75) is 32.1 Å². The van der Waals surface area contributed by atoms with Crippen molar-refractivity contribution < 1.29 is 9.53 Å². The monoisotopic (exact) mass is 508 g/mol. The summed E-state index contributed by atoms with van der Waals surface area (Å²) in [5, 5.41) is 9.97. The third-order valence-electron chi connectivity index (χ3n) is 4.03. The molecule has 0 unspecified atom stereocenters. The Balaban J connectivity index is 0.00000364. The average molecular weight is 509 g/mol. The number of nitrogens with one attached hydrogen (secondary N) is 3. The first-order valence-corrected chi connectivity index (χ1v) is 9.63. The van der Waals surface area contributed by atoms with E-state index in [0.29, 0.717) is 18.0 Å². The molecule has 2 rings (SSSR count). The third kappa shape index (κ3) is 11.4. The van der Waals surface area contributed by atoms with Crippen LogP contribution in [0.3, 0.4) is 0 Å². The van der Waals surface area contributed by atoms with Crippen molar-refractivity contribution in [2.24, 2.45) is 10.9 Å². The Hall–Kier alpha value is -1.06. The molecule has 0 bridgehead atoms. The van der Waals surface area contributed by atoms with Crippen molar-refractivity contribution in [3.8, 4) is 0 Å². The van der Waals surface area contributed by atoms with Gasteiger partial charge < -0.3 is 20.7 Å². The summed E-state index contributed by atoms with van der Waals surface area (Å²) in [5.74, 6) is 1.56. The number of nitrogens with zero attached hydrogens (tertiary/aromatic N) is 1. The highest BCUT2D eigenvalue weighted by atomic mass is 127. The molecule has 1 aliphatic rings. The first-order valence-electron chi connectivity index (χ1n) is 9.25. The summed E-state index contributed by atoms with van der Waals surface area (Å²) >= 11 is 5.82. The summed E-state index contributed by atoms with van der Waals surface area (Å²) in [6.45, 7) is 3.20. The molecular weight excluding hydrogens is 479 g/mol. The molecule has 0 aromatic heterocycles. The lowest BCUT2D eigenvalue weighted by atomic mass is 10.2. The van der Waals surface area contributed by atoms with Crippen molar-refractivity contribution in [3.05, 3.63) is 29.3 Å².